The third-order valence-electron chi connectivity index (χ3n) is 4.17. The summed E-state index contributed by atoms with van der Waals surface area (Å²) in [6, 6.07) is 9.34. The SMILES string of the molecule is COc1ccc(C(C#N)C(=O)CCC2CCCC2)cc1. The van der Waals surface area contributed by atoms with Crippen molar-refractivity contribution in [2.45, 2.75) is 44.4 Å². The molecule has 3 nitrogen and oxygen atoms in total. The van der Waals surface area contributed by atoms with Gasteiger partial charge in [0.25, 0.3) is 0 Å². The van der Waals surface area contributed by atoms with E-state index in [0.717, 1.165) is 17.7 Å². The van der Waals surface area contributed by atoms with E-state index in [1.54, 1.807) is 31.4 Å². The second-order valence-corrected chi connectivity index (χ2v) is 5.49. The summed E-state index contributed by atoms with van der Waals surface area (Å²) in [6.07, 6.45) is 6.53. The van der Waals surface area contributed by atoms with Gasteiger partial charge >= 0.3 is 0 Å². The van der Waals surface area contributed by atoms with Crippen molar-refractivity contribution >= 4 is 5.78 Å². The molecule has 106 valence electrons. The molecule has 1 aliphatic carbocycles. The van der Waals surface area contributed by atoms with Crippen molar-refractivity contribution in [2.75, 3.05) is 7.11 Å². The van der Waals surface area contributed by atoms with Gasteiger partial charge in [-0.1, -0.05) is 37.8 Å². The Bertz CT molecular complexity index is 481. The summed E-state index contributed by atoms with van der Waals surface area (Å²) in [7, 11) is 1.60. The monoisotopic (exact) mass is 271 g/mol. The molecule has 0 N–H and O–H groups in total. The molecule has 0 amide bonds. The molecule has 1 unspecified atom stereocenters. The van der Waals surface area contributed by atoms with E-state index < -0.39 is 5.92 Å². The largest absolute Gasteiger partial charge is 0.497 e. The zero-order valence-electron chi connectivity index (χ0n) is 12.0. The summed E-state index contributed by atoms with van der Waals surface area (Å²) in [4.78, 5) is 12.2. The Balaban J connectivity index is 1.95. The number of methoxy groups -OCH3 is 1. The van der Waals surface area contributed by atoms with E-state index >= 15 is 0 Å². The van der Waals surface area contributed by atoms with Crippen LogP contribution >= 0.6 is 0 Å². The van der Waals surface area contributed by atoms with E-state index in [4.69, 9.17) is 4.74 Å². The average Bonchev–Trinajstić information content (AvgIpc) is 3.00. The van der Waals surface area contributed by atoms with Crippen LogP contribution in [0.1, 0.15) is 50.0 Å². The highest BCUT2D eigenvalue weighted by Crippen LogP contribution is 2.30. The quantitative estimate of drug-likeness (QED) is 0.789. The Hall–Kier alpha value is -1.82. The summed E-state index contributed by atoms with van der Waals surface area (Å²) < 4.78 is 5.09. The Labute approximate surface area is 120 Å². The minimum atomic E-state index is -0.637. The Morgan fingerprint density at radius 1 is 1.35 bits per heavy atom. The topological polar surface area (TPSA) is 50.1 Å². The number of nitriles is 1. The molecule has 1 aliphatic rings. The predicted molar refractivity (Wildman–Crippen MR) is 77.5 cm³/mol. The highest BCUT2D eigenvalue weighted by atomic mass is 16.5. The van der Waals surface area contributed by atoms with E-state index in [2.05, 4.69) is 6.07 Å². The molecule has 0 saturated heterocycles. The Morgan fingerprint density at radius 2 is 2.00 bits per heavy atom. The number of nitrogens with zero attached hydrogens (tertiary/aromatic N) is 1. The molecule has 0 heterocycles. The first-order valence-electron chi connectivity index (χ1n) is 7.31. The summed E-state index contributed by atoms with van der Waals surface area (Å²) in [6.45, 7) is 0. The van der Waals surface area contributed by atoms with Crippen molar-refractivity contribution in [2.24, 2.45) is 5.92 Å². The van der Waals surface area contributed by atoms with Gasteiger partial charge in [0.1, 0.15) is 11.7 Å². The lowest BCUT2D eigenvalue weighted by molar-refractivity contribution is -0.119. The molecule has 1 atom stereocenters. The highest BCUT2D eigenvalue weighted by Gasteiger charge is 2.22. The number of hydrogen-bond acceptors (Lipinski definition) is 3. The van der Waals surface area contributed by atoms with Gasteiger partial charge in [0.2, 0.25) is 0 Å². The second kappa shape index (κ2) is 7.09. The molecule has 1 fully saturated rings. The maximum atomic E-state index is 12.2. The number of rotatable bonds is 6. The first kappa shape index (κ1) is 14.6. The van der Waals surface area contributed by atoms with Gasteiger partial charge in [-0.3, -0.25) is 4.79 Å². The van der Waals surface area contributed by atoms with Gasteiger partial charge in [0.15, 0.2) is 5.78 Å². The number of benzene rings is 1. The van der Waals surface area contributed by atoms with E-state index in [9.17, 15) is 10.1 Å². The van der Waals surface area contributed by atoms with E-state index in [1.165, 1.54) is 25.7 Å². The number of ether oxygens (including phenoxy) is 1. The molecule has 0 radical (unpaired) electrons. The molecule has 3 heteroatoms. The van der Waals surface area contributed by atoms with E-state index in [0.29, 0.717) is 12.3 Å². The van der Waals surface area contributed by atoms with Crippen LogP contribution in [-0.4, -0.2) is 12.9 Å². The summed E-state index contributed by atoms with van der Waals surface area (Å²) in [5, 5.41) is 9.27. The van der Waals surface area contributed by atoms with Crippen molar-refractivity contribution in [1.29, 1.82) is 5.26 Å². The molecule has 1 aromatic rings. The molecule has 1 saturated carbocycles. The number of Topliss-reactive ketones (excluding diaryl/α,β-unsaturated/α-hetero) is 1. The first-order chi connectivity index (χ1) is 9.74. The smallest absolute Gasteiger partial charge is 0.154 e. The van der Waals surface area contributed by atoms with Crippen LogP contribution in [0.25, 0.3) is 0 Å². The van der Waals surface area contributed by atoms with Crippen molar-refractivity contribution in [3.05, 3.63) is 29.8 Å². The second-order valence-electron chi connectivity index (χ2n) is 5.49. The number of carbonyl (C=O) groups excluding carboxylic acids is 1. The van der Waals surface area contributed by atoms with Gasteiger partial charge in [0.05, 0.1) is 13.2 Å². The van der Waals surface area contributed by atoms with E-state index in [1.807, 2.05) is 0 Å². The molecule has 20 heavy (non-hydrogen) atoms. The van der Waals surface area contributed by atoms with E-state index in [-0.39, 0.29) is 5.78 Å². The van der Waals surface area contributed by atoms with Gasteiger partial charge in [-0.2, -0.15) is 5.26 Å². The van der Waals surface area contributed by atoms with Crippen LogP contribution < -0.4 is 4.74 Å². The number of ketones is 1. The average molecular weight is 271 g/mol. The Kier molecular flexibility index (Phi) is 5.17. The molecule has 0 bridgehead atoms. The van der Waals surface area contributed by atoms with Crippen LogP contribution in [0.15, 0.2) is 24.3 Å². The van der Waals surface area contributed by atoms with Crippen LogP contribution in [0, 0.1) is 17.2 Å². The van der Waals surface area contributed by atoms with Crippen LogP contribution in [-0.2, 0) is 4.79 Å². The van der Waals surface area contributed by atoms with Gasteiger partial charge < -0.3 is 4.74 Å². The third kappa shape index (κ3) is 3.60. The Morgan fingerprint density at radius 3 is 2.55 bits per heavy atom. The molecule has 0 aliphatic heterocycles. The van der Waals surface area contributed by atoms with Gasteiger partial charge in [0, 0.05) is 6.42 Å². The minimum absolute atomic E-state index is 0.0459. The van der Waals surface area contributed by atoms with Crippen LogP contribution in [0.5, 0.6) is 5.75 Å². The van der Waals surface area contributed by atoms with Crippen LogP contribution in [0.3, 0.4) is 0 Å². The van der Waals surface area contributed by atoms with Crippen molar-refractivity contribution in [3.8, 4) is 11.8 Å². The van der Waals surface area contributed by atoms with Crippen LogP contribution in [0.2, 0.25) is 0 Å². The normalized spacial score (nSPS) is 16.6. The molecule has 2 rings (SSSR count). The maximum Gasteiger partial charge on any atom is 0.154 e. The van der Waals surface area contributed by atoms with Crippen molar-refractivity contribution in [3.63, 3.8) is 0 Å². The molecular formula is C17H21NO2. The third-order valence-corrected chi connectivity index (χ3v) is 4.17. The molecular weight excluding hydrogens is 250 g/mol. The summed E-state index contributed by atoms with van der Waals surface area (Å²) >= 11 is 0. The zero-order valence-corrected chi connectivity index (χ0v) is 12.0. The van der Waals surface area contributed by atoms with Gasteiger partial charge in [-0.25, -0.2) is 0 Å². The summed E-state index contributed by atoms with van der Waals surface area (Å²) in [5.41, 5.74) is 0.768. The fraction of sp³-hybridized carbons (Fsp3) is 0.529. The standard InChI is InChI=1S/C17H21NO2/c1-20-15-9-7-14(8-10-15)16(12-18)17(19)11-6-13-4-2-3-5-13/h7-10,13,16H,2-6,11H2,1H3. The number of carbonyl (C=O) groups is 1. The first-order valence-corrected chi connectivity index (χ1v) is 7.31. The fourth-order valence-electron chi connectivity index (χ4n) is 2.92. The lowest BCUT2D eigenvalue weighted by Crippen LogP contribution is -2.12. The highest BCUT2D eigenvalue weighted by molar-refractivity contribution is 5.88. The lowest BCUT2D eigenvalue weighted by Gasteiger charge is -2.12. The maximum absolute atomic E-state index is 12.2. The molecule has 0 spiro atoms. The van der Waals surface area contributed by atoms with Crippen molar-refractivity contribution < 1.29 is 9.53 Å². The molecule has 1 aromatic carbocycles. The van der Waals surface area contributed by atoms with Gasteiger partial charge in [-0.15, -0.1) is 0 Å². The van der Waals surface area contributed by atoms with Crippen LogP contribution in [0.4, 0.5) is 0 Å². The lowest BCUT2D eigenvalue weighted by atomic mass is 9.90. The zero-order chi connectivity index (χ0) is 14.4. The fourth-order valence-corrected chi connectivity index (χ4v) is 2.92. The van der Waals surface area contributed by atoms with Gasteiger partial charge in [-0.05, 0) is 30.0 Å². The van der Waals surface area contributed by atoms with Crippen molar-refractivity contribution in [1.82, 2.24) is 0 Å². The predicted octanol–water partition coefficient (Wildman–Crippen LogP) is 3.84. The summed E-state index contributed by atoms with van der Waals surface area (Å²) in [5.74, 6) is 0.838. The number of hydrogen-bond donors (Lipinski definition) is 0. The molecule has 0 aromatic heterocycles. The minimum Gasteiger partial charge on any atom is -0.497 e.